The Morgan fingerprint density at radius 1 is 1.24 bits per heavy atom. The van der Waals surface area contributed by atoms with Crippen molar-refractivity contribution in [3.8, 4) is 0 Å². The fourth-order valence-corrected chi connectivity index (χ4v) is 3.87. The van der Waals surface area contributed by atoms with Gasteiger partial charge in [0.1, 0.15) is 5.69 Å². The molecule has 0 unspecified atom stereocenters. The second-order valence-electron chi connectivity index (χ2n) is 7.69. The Balaban J connectivity index is 1.58. The maximum atomic E-state index is 12.6. The van der Waals surface area contributed by atoms with E-state index in [4.69, 9.17) is 4.98 Å². The van der Waals surface area contributed by atoms with Crippen molar-refractivity contribution in [3.63, 3.8) is 0 Å². The summed E-state index contributed by atoms with van der Waals surface area (Å²) in [4.78, 5) is 21.7. The van der Waals surface area contributed by atoms with Gasteiger partial charge in [-0.1, -0.05) is 20.8 Å². The largest absolute Gasteiger partial charge is 0.336 e. The minimum atomic E-state index is 0.0335. The van der Waals surface area contributed by atoms with E-state index < -0.39 is 0 Å². The van der Waals surface area contributed by atoms with Gasteiger partial charge in [-0.05, 0) is 12.5 Å². The van der Waals surface area contributed by atoms with Crippen LogP contribution in [0.4, 0.5) is 0 Å². The number of aryl methyl sites for hydroxylation is 1. The molecular formula is C18H27N5OS. The zero-order valence-corrected chi connectivity index (χ0v) is 16.3. The lowest BCUT2D eigenvalue weighted by molar-refractivity contribution is 0.0754. The molecule has 6 nitrogen and oxygen atoms in total. The Kier molecular flexibility index (Phi) is 5.24. The lowest BCUT2D eigenvalue weighted by atomic mass is 9.98. The highest BCUT2D eigenvalue weighted by Gasteiger charge is 2.23. The van der Waals surface area contributed by atoms with Crippen LogP contribution in [0.3, 0.4) is 0 Å². The fraction of sp³-hybridized carbons (Fsp3) is 0.611. The molecule has 25 heavy (non-hydrogen) atoms. The van der Waals surface area contributed by atoms with Crippen LogP contribution in [-0.4, -0.2) is 56.7 Å². The van der Waals surface area contributed by atoms with Crippen molar-refractivity contribution < 1.29 is 4.79 Å². The molecule has 136 valence electrons. The smallest absolute Gasteiger partial charge is 0.274 e. The van der Waals surface area contributed by atoms with E-state index >= 15 is 0 Å². The SMILES string of the molecule is Cn1ccc(C(=O)N2CCCN(Cc3csc(C(C)(C)C)n3)CC2)n1. The molecule has 3 heterocycles. The Hall–Kier alpha value is -1.73. The maximum absolute atomic E-state index is 12.6. The predicted octanol–water partition coefficient (Wildman–Crippen LogP) is 2.52. The van der Waals surface area contributed by atoms with Gasteiger partial charge in [-0.3, -0.25) is 14.4 Å². The summed E-state index contributed by atoms with van der Waals surface area (Å²) in [6, 6.07) is 1.79. The van der Waals surface area contributed by atoms with Crippen LogP contribution in [0, 0.1) is 0 Å². The molecule has 0 aliphatic carbocycles. The molecule has 0 saturated carbocycles. The lowest BCUT2D eigenvalue weighted by Gasteiger charge is -2.21. The predicted molar refractivity (Wildman–Crippen MR) is 99.8 cm³/mol. The second-order valence-corrected chi connectivity index (χ2v) is 8.55. The third-order valence-corrected chi connectivity index (χ3v) is 5.70. The monoisotopic (exact) mass is 361 g/mol. The Morgan fingerprint density at radius 2 is 2.04 bits per heavy atom. The Labute approximate surface area is 153 Å². The van der Waals surface area contributed by atoms with Crippen molar-refractivity contribution >= 4 is 17.2 Å². The first-order valence-electron chi connectivity index (χ1n) is 8.79. The minimum absolute atomic E-state index is 0.0335. The highest BCUT2D eigenvalue weighted by molar-refractivity contribution is 7.09. The van der Waals surface area contributed by atoms with E-state index in [0.29, 0.717) is 5.69 Å². The van der Waals surface area contributed by atoms with Gasteiger partial charge in [0.15, 0.2) is 0 Å². The van der Waals surface area contributed by atoms with E-state index in [1.54, 1.807) is 22.1 Å². The normalized spacial score (nSPS) is 16.9. The number of carbonyl (C=O) groups is 1. The Bertz CT molecular complexity index is 730. The van der Waals surface area contributed by atoms with Crippen molar-refractivity contribution in [2.75, 3.05) is 26.2 Å². The van der Waals surface area contributed by atoms with Crippen LogP contribution in [0.25, 0.3) is 0 Å². The number of thiazole rings is 1. The molecule has 0 radical (unpaired) electrons. The standard InChI is InChI=1S/C18H27N5OS/c1-18(2,3)17-19-14(13-25-17)12-22-7-5-8-23(11-10-22)16(24)15-6-9-21(4)20-15/h6,9,13H,5,7-8,10-12H2,1-4H3. The van der Waals surface area contributed by atoms with Crippen LogP contribution < -0.4 is 0 Å². The number of rotatable bonds is 3. The first-order valence-corrected chi connectivity index (χ1v) is 9.67. The number of nitrogens with zero attached hydrogens (tertiary/aromatic N) is 5. The second kappa shape index (κ2) is 7.25. The van der Waals surface area contributed by atoms with Gasteiger partial charge in [0.25, 0.3) is 5.91 Å². The molecule has 7 heteroatoms. The van der Waals surface area contributed by atoms with Gasteiger partial charge in [-0.15, -0.1) is 11.3 Å². The molecule has 0 bridgehead atoms. The first kappa shape index (κ1) is 18.1. The van der Waals surface area contributed by atoms with Crippen LogP contribution in [0.1, 0.15) is 48.4 Å². The van der Waals surface area contributed by atoms with Gasteiger partial charge in [0.2, 0.25) is 0 Å². The molecule has 2 aromatic rings. The summed E-state index contributed by atoms with van der Waals surface area (Å²) in [5, 5.41) is 7.59. The third-order valence-electron chi connectivity index (χ3n) is 4.39. The van der Waals surface area contributed by atoms with E-state index in [2.05, 4.69) is 36.1 Å². The zero-order chi connectivity index (χ0) is 18.0. The molecule has 2 aromatic heterocycles. The van der Waals surface area contributed by atoms with E-state index in [1.165, 1.54) is 5.01 Å². The number of carbonyl (C=O) groups excluding carboxylic acids is 1. The number of amides is 1. The molecule has 1 amide bonds. The zero-order valence-electron chi connectivity index (χ0n) is 15.5. The average Bonchev–Trinajstić information content (AvgIpc) is 3.12. The third kappa shape index (κ3) is 4.46. The van der Waals surface area contributed by atoms with Crippen LogP contribution in [0.5, 0.6) is 0 Å². The van der Waals surface area contributed by atoms with Crippen molar-refractivity contribution in [2.24, 2.45) is 7.05 Å². The van der Waals surface area contributed by atoms with E-state index in [0.717, 1.165) is 44.8 Å². The maximum Gasteiger partial charge on any atom is 0.274 e. The fourth-order valence-electron chi connectivity index (χ4n) is 2.98. The van der Waals surface area contributed by atoms with E-state index in [-0.39, 0.29) is 11.3 Å². The molecule has 0 atom stereocenters. The summed E-state index contributed by atoms with van der Waals surface area (Å²) in [5.41, 5.74) is 1.78. The van der Waals surface area contributed by atoms with Gasteiger partial charge in [0, 0.05) is 56.8 Å². The molecule has 0 aromatic carbocycles. The van der Waals surface area contributed by atoms with Crippen LogP contribution in [0.2, 0.25) is 0 Å². The van der Waals surface area contributed by atoms with Gasteiger partial charge in [0.05, 0.1) is 10.7 Å². The van der Waals surface area contributed by atoms with Crippen LogP contribution >= 0.6 is 11.3 Å². The number of hydrogen-bond donors (Lipinski definition) is 0. The minimum Gasteiger partial charge on any atom is -0.336 e. The van der Waals surface area contributed by atoms with Crippen molar-refractivity contribution in [3.05, 3.63) is 34.0 Å². The summed E-state index contributed by atoms with van der Waals surface area (Å²) < 4.78 is 1.67. The molecule has 1 fully saturated rings. The molecule has 1 saturated heterocycles. The highest BCUT2D eigenvalue weighted by Crippen LogP contribution is 2.26. The van der Waals surface area contributed by atoms with Gasteiger partial charge in [-0.2, -0.15) is 5.10 Å². The lowest BCUT2D eigenvalue weighted by Crippen LogP contribution is -2.35. The van der Waals surface area contributed by atoms with E-state index in [9.17, 15) is 4.79 Å². The first-order chi connectivity index (χ1) is 11.8. The van der Waals surface area contributed by atoms with E-state index in [1.807, 2.05) is 18.1 Å². The molecule has 0 N–H and O–H groups in total. The summed E-state index contributed by atoms with van der Waals surface area (Å²) in [6.45, 7) is 10.9. The average molecular weight is 362 g/mol. The molecular weight excluding hydrogens is 334 g/mol. The van der Waals surface area contributed by atoms with Crippen molar-refractivity contribution in [1.29, 1.82) is 0 Å². The summed E-state index contributed by atoms with van der Waals surface area (Å²) in [7, 11) is 1.83. The summed E-state index contributed by atoms with van der Waals surface area (Å²) in [5.74, 6) is 0.0335. The quantitative estimate of drug-likeness (QED) is 0.843. The summed E-state index contributed by atoms with van der Waals surface area (Å²) >= 11 is 1.74. The molecule has 1 aliphatic heterocycles. The van der Waals surface area contributed by atoms with Crippen molar-refractivity contribution in [1.82, 2.24) is 24.6 Å². The van der Waals surface area contributed by atoms with Crippen molar-refractivity contribution in [2.45, 2.75) is 39.2 Å². The molecule has 0 spiro atoms. The van der Waals surface area contributed by atoms with Crippen LogP contribution in [-0.2, 0) is 19.0 Å². The summed E-state index contributed by atoms with van der Waals surface area (Å²) in [6.07, 6.45) is 2.79. The van der Waals surface area contributed by atoms with Crippen LogP contribution in [0.15, 0.2) is 17.6 Å². The number of aromatic nitrogens is 3. The highest BCUT2D eigenvalue weighted by atomic mass is 32.1. The molecule has 3 rings (SSSR count). The molecule has 1 aliphatic rings. The Morgan fingerprint density at radius 3 is 2.68 bits per heavy atom. The van der Waals surface area contributed by atoms with Gasteiger partial charge < -0.3 is 4.90 Å². The number of hydrogen-bond acceptors (Lipinski definition) is 5. The topological polar surface area (TPSA) is 54.3 Å². The van der Waals surface area contributed by atoms with Gasteiger partial charge >= 0.3 is 0 Å². The van der Waals surface area contributed by atoms with Gasteiger partial charge in [-0.25, -0.2) is 4.98 Å².